The van der Waals surface area contributed by atoms with Crippen molar-refractivity contribution in [2.75, 3.05) is 18.6 Å². The molecule has 5 heteroatoms. The van der Waals surface area contributed by atoms with E-state index in [0.717, 1.165) is 10.2 Å². The Balaban J connectivity index is 2.43. The molecule has 1 N–H and O–H groups in total. The lowest BCUT2D eigenvalue weighted by Gasteiger charge is -2.10. The highest BCUT2D eigenvalue weighted by atomic mass is 79.9. The maximum Gasteiger partial charge on any atom is 0.269 e. The molecule has 1 unspecified atom stereocenters. The molecule has 1 aromatic rings. The molecule has 1 atom stereocenters. The van der Waals surface area contributed by atoms with E-state index in [1.807, 2.05) is 6.07 Å². The molecular formula is C11H15BrN2OS. The zero-order valence-electron chi connectivity index (χ0n) is 9.37. The molecule has 0 bridgehead atoms. The Labute approximate surface area is 109 Å². The van der Waals surface area contributed by atoms with Crippen LogP contribution >= 0.6 is 27.7 Å². The Bertz CT molecular complexity index is 342. The van der Waals surface area contributed by atoms with Crippen LogP contribution in [-0.4, -0.2) is 29.4 Å². The zero-order valence-corrected chi connectivity index (χ0v) is 11.8. The first-order chi connectivity index (χ1) is 7.63. The molecule has 0 radical (unpaired) electrons. The molecule has 0 aliphatic heterocycles. The Hall–Kier alpha value is -0.550. The first-order valence-electron chi connectivity index (χ1n) is 5.02. The summed E-state index contributed by atoms with van der Waals surface area (Å²) in [5.41, 5.74) is 0.458. The van der Waals surface area contributed by atoms with E-state index in [2.05, 4.69) is 39.4 Å². The SMILES string of the molecule is CSCC(C)CNC(=O)c1ccc(Br)cn1. The lowest BCUT2D eigenvalue weighted by Crippen LogP contribution is -2.29. The highest BCUT2D eigenvalue weighted by Gasteiger charge is 2.08. The van der Waals surface area contributed by atoms with Gasteiger partial charge in [0.2, 0.25) is 0 Å². The molecule has 0 saturated heterocycles. The van der Waals surface area contributed by atoms with Crippen LogP contribution in [0.1, 0.15) is 17.4 Å². The van der Waals surface area contributed by atoms with Gasteiger partial charge in [-0.2, -0.15) is 11.8 Å². The summed E-state index contributed by atoms with van der Waals surface area (Å²) < 4.78 is 0.875. The number of carbonyl (C=O) groups excluding carboxylic acids is 1. The van der Waals surface area contributed by atoms with Gasteiger partial charge in [-0.25, -0.2) is 4.98 Å². The number of rotatable bonds is 5. The second kappa shape index (κ2) is 6.91. The monoisotopic (exact) mass is 302 g/mol. The first kappa shape index (κ1) is 13.5. The quantitative estimate of drug-likeness (QED) is 0.909. The van der Waals surface area contributed by atoms with Crippen molar-refractivity contribution < 1.29 is 4.79 Å². The van der Waals surface area contributed by atoms with Crippen molar-refractivity contribution in [3.05, 3.63) is 28.5 Å². The molecule has 0 fully saturated rings. The third kappa shape index (κ3) is 4.53. The minimum Gasteiger partial charge on any atom is -0.350 e. The van der Waals surface area contributed by atoms with E-state index in [0.29, 0.717) is 18.2 Å². The van der Waals surface area contributed by atoms with E-state index >= 15 is 0 Å². The van der Waals surface area contributed by atoms with E-state index in [-0.39, 0.29) is 5.91 Å². The Morgan fingerprint density at radius 1 is 1.62 bits per heavy atom. The Morgan fingerprint density at radius 3 is 2.94 bits per heavy atom. The van der Waals surface area contributed by atoms with E-state index in [1.54, 1.807) is 24.0 Å². The van der Waals surface area contributed by atoms with Crippen LogP contribution in [0.15, 0.2) is 22.8 Å². The third-order valence-corrected chi connectivity index (χ3v) is 3.39. The van der Waals surface area contributed by atoms with Crippen LogP contribution in [0.4, 0.5) is 0 Å². The summed E-state index contributed by atoms with van der Waals surface area (Å²) in [7, 11) is 0. The third-order valence-electron chi connectivity index (χ3n) is 2.02. The standard InChI is InChI=1S/C11H15BrN2OS/c1-8(7-16-2)5-14-11(15)10-4-3-9(12)6-13-10/h3-4,6,8H,5,7H2,1-2H3,(H,14,15). The van der Waals surface area contributed by atoms with Crippen LogP contribution in [0.25, 0.3) is 0 Å². The van der Waals surface area contributed by atoms with Gasteiger partial charge in [0.05, 0.1) is 0 Å². The number of thioether (sulfide) groups is 1. The van der Waals surface area contributed by atoms with Crippen molar-refractivity contribution in [1.82, 2.24) is 10.3 Å². The minimum absolute atomic E-state index is 0.111. The zero-order chi connectivity index (χ0) is 12.0. The fraction of sp³-hybridized carbons (Fsp3) is 0.455. The van der Waals surface area contributed by atoms with E-state index < -0.39 is 0 Å². The van der Waals surface area contributed by atoms with Crippen LogP contribution in [0.5, 0.6) is 0 Å². The van der Waals surface area contributed by atoms with Crippen molar-refractivity contribution in [2.24, 2.45) is 5.92 Å². The first-order valence-corrected chi connectivity index (χ1v) is 7.21. The number of aromatic nitrogens is 1. The number of carbonyl (C=O) groups is 1. The molecule has 16 heavy (non-hydrogen) atoms. The van der Waals surface area contributed by atoms with Crippen LogP contribution in [0.2, 0.25) is 0 Å². The smallest absolute Gasteiger partial charge is 0.269 e. The van der Waals surface area contributed by atoms with Gasteiger partial charge in [-0.05, 0) is 46.0 Å². The highest BCUT2D eigenvalue weighted by molar-refractivity contribution is 9.10. The summed E-state index contributed by atoms with van der Waals surface area (Å²) in [4.78, 5) is 15.7. The maximum absolute atomic E-state index is 11.7. The fourth-order valence-corrected chi connectivity index (χ4v) is 2.13. The predicted molar refractivity (Wildman–Crippen MR) is 71.8 cm³/mol. The predicted octanol–water partition coefficient (Wildman–Crippen LogP) is 2.57. The molecule has 0 aliphatic rings. The average Bonchev–Trinajstić information content (AvgIpc) is 2.27. The number of nitrogens with one attached hydrogen (secondary N) is 1. The van der Waals surface area contributed by atoms with Gasteiger partial charge >= 0.3 is 0 Å². The Kier molecular flexibility index (Phi) is 5.84. The number of amides is 1. The summed E-state index contributed by atoms with van der Waals surface area (Å²) in [5.74, 6) is 1.42. The Morgan fingerprint density at radius 2 is 2.38 bits per heavy atom. The number of hydrogen-bond donors (Lipinski definition) is 1. The van der Waals surface area contributed by atoms with Crippen molar-refractivity contribution in [2.45, 2.75) is 6.92 Å². The van der Waals surface area contributed by atoms with E-state index in [9.17, 15) is 4.79 Å². The van der Waals surface area contributed by atoms with Crippen molar-refractivity contribution in [1.29, 1.82) is 0 Å². The van der Waals surface area contributed by atoms with Gasteiger partial charge in [0.1, 0.15) is 5.69 Å². The van der Waals surface area contributed by atoms with E-state index in [1.165, 1.54) is 0 Å². The summed E-state index contributed by atoms with van der Waals surface area (Å²) in [6, 6.07) is 3.52. The molecular weight excluding hydrogens is 288 g/mol. The molecule has 1 heterocycles. The topological polar surface area (TPSA) is 42.0 Å². The molecule has 1 amide bonds. The van der Waals surface area contributed by atoms with Crippen LogP contribution in [-0.2, 0) is 0 Å². The van der Waals surface area contributed by atoms with Crippen molar-refractivity contribution in [3.63, 3.8) is 0 Å². The second-order valence-corrected chi connectivity index (χ2v) is 5.46. The van der Waals surface area contributed by atoms with Gasteiger partial charge in [-0.1, -0.05) is 6.92 Å². The van der Waals surface area contributed by atoms with Gasteiger partial charge in [0.25, 0.3) is 5.91 Å². The second-order valence-electron chi connectivity index (χ2n) is 3.63. The number of hydrogen-bond acceptors (Lipinski definition) is 3. The fourth-order valence-electron chi connectivity index (χ4n) is 1.21. The summed E-state index contributed by atoms with van der Waals surface area (Å²) in [6.45, 7) is 2.81. The number of halogens is 1. The lowest BCUT2D eigenvalue weighted by atomic mass is 10.2. The summed E-state index contributed by atoms with van der Waals surface area (Å²) in [6.07, 6.45) is 3.69. The van der Waals surface area contributed by atoms with Crippen LogP contribution in [0, 0.1) is 5.92 Å². The molecule has 0 aromatic carbocycles. The van der Waals surface area contributed by atoms with Crippen LogP contribution in [0.3, 0.4) is 0 Å². The van der Waals surface area contributed by atoms with Gasteiger partial charge in [0, 0.05) is 17.2 Å². The average molecular weight is 303 g/mol. The molecule has 0 aliphatic carbocycles. The normalized spacial score (nSPS) is 12.2. The number of nitrogens with zero attached hydrogens (tertiary/aromatic N) is 1. The van der Waals surface area contributed by atoms with Gasteiger partial charge in [-0.15, -0.1) is 0 Å². The molecule has 3 nitrogen and oxygen atoms in total. The summed E-state index contributed by atoms with van der Waals surface area (Å²) in [5, 5.41) is 2.87. The minimum atomic E-state index is -0.111. The highest BCUT2D eigenvalue weighted by Crippen LogP contribution is 2.07. The molecule has 1 aromatic heterocycles. The number of pyridine rings is 1. The van der Waals surface area contributed by atoms with E-state index in [4.69, 9.17) is 0 Å². The molecule has 88 valence electrons. The molecule has 0 spiro atoms. The van der Waals surface area contributed by atoms with Gasteiger partial charge < -0.3 is 5.32 Å². The van der Waals surface area contributed by atoms with Gasteiger partial charge in [0.15, 0.2) is 0 Å². The van der Waals surface area contributed by atoms with Crippen molar-refractivity contribution in [3.8, 4) is 0 Å². The molecule has 0 saturated carbocycles. The van der Waals surface area contributed by atoms with Gasteiger partial charge in [-0.3, -0.25) is 4.79 Å². The molecule has 1 rings (SSSR count). The maximum atomic E-state index is 11.7. The van der Waals surface area contributed by atoms with Crippen molar-refractivity contribution >= 4 is 33.6 Å². The van der Waals surface area contributed by atoms with Crippen LogP contribution < -0.4 is 5.32 Å². The summed E-state index contributed by atoms with van der Waals surface area (Å²) >= 11 is 5.07. The largest absolute Gasteiger partial charge is 0.350 e. The lowest BCUT2D eigenvalue weighted by molar-refractivity contribution is 0.0944.